The molecular weight excluding hydrogens is 298 g/mol. The number of aliphatic hydroxyl groups is 1. The number of hydrogen-bond donors (Lipinski definition) is 2. The normalized spacial score (nSPS) is 13.5. The van der Waals surface area contributed by atoms with Gasteiger partial charge in [-0.25, -0.2) is 0 Å². The quantitative estimate of drug-likeness (QED) is 0.762. The number of ether oxygens (including phenoxy) is 1. The van der Waals surface area contributed by atoms with Gasteiger partial charge in [0, 0.05) is 12.1 Å². The third kappa shape index (κ3) is 10.2. The van der Waals surface area contributed by atoms with Crippen LogP contribution < -0.4 is 5.32 Å². The van der Waals surface area contributed by atoms with Crippen molar-refractivity contribution in [3.8, 4) is 0 Å². The van der Waals surface area contributed by atoms with Gasteiger partial charge in [-0.15, -0.1) is 12.4 Å². The van der Waals surface area contributed by atoms with Crippen molar-refractivity contribution < 1.29 is 9.84 Å². The van der Waals surface area contributed by atoms with Crippen molar-refractivity contribution in [3.63, 3.8) is 0 Å². The highest BCUT2D eigenvalue weighted by Crippen LogP contribution is 2.26. The highest BCUT2D eigenvalue weighted by molar-refractivity contribution is 5.85. The molecule has 1 aromatic rings. The molecule has 0 saturated carbocycles. The number of halogens is 1. The van der Waals surface area contributed by atoms with Gasteiger partial charge in [0.1, 0.15) is 0 Å². The first-order valence-corrected chi connectivity index (χ1v) is 7.73. The van der Waals surface area contributed by atoms with E-state index in [9.17, 15) is 5.11 Å². The van der Waals surface area contributed by atoms with Gasteiger partial charge in [-0.2, -0.15) is 0 Å². The van der Waals surface area contributed by atoms with Crippen molar-refractivity contribution in [2.45, 2.75) is 59.3 Å². The van der Waals surface area contributed by atoms with E-state index in [4.69, 9.17) is 4.74 Å². The summed E-state index contributed by atoms with van der Waals surface area (Å²) in [7, 11) is 0. The molecule has 0 radical (unpaired) electrons. The SMILES string of the molecule is CC(C)(C)CC(C)(C)NCC(O)COCc1ccccc1.Cl. The summed E-state index contributed by atoms with van der Waals surface area (Å²) in [5.74, 6) is 0. The highest BCUT2D eigenvalue weighted by atomic mass is 35.5. The second-order valence-electron chi connectivity index (χ2n) is 7.66. The Morgan fingerprint density at radius 3 is 2.23 bits per heavy atom. The van der Waals surface area contributed by atoms with Crippen LogP contribution in [0, 0.1) is 5.41 Å². The van der Waals surface area contributed by atoms with Crippen LogP contribution in [0.3, 0.4) is 0 Å². The second-order valence-corrected chi connectivity index (χ2v) is 7.66. The van der Waals surface area contributed by atoms with E-state index in [0.717, 1.165) is 12.0 Å². The molecule has 22 heavy (non-hydrogen) atoms. The summed E-state index contributed by atoms with van der Waals surface area (Å²) in [5, 5.41) is 13.4. The van der Waals surface area contributed by atoms with Crippen LogP contribution in [0.2, 0.25) is 0 Å². The Bertz CT molecular complexity index is 401. The molecule has 0 aliphatic carbocycles. The largest absolute Gasteiger partial charge is 0.389 e. The lowest BCUT2D eigenvalue weighted by Gasteiger charge is -2.34. The van der Waals surface area contributed by atoms with Gasteiger partial charge in [0.2, 0.25) is 0 Å². The standard InChI is InChI=1S/C18H31NO2.ClH/c1-17(2,3)14-18(4,5)19-11-16(20)13-21-12-15-9-7-6-8-10-15;/h6-10,16,19-20H,11-14H2,1-5H3;1H. The van der Waals surface area contributed by atoms with E-state index in [1.165, 1.54) is 0 Å². The lowest BCUT2D eigenvalue weighted by atomic mass is 9.82. The molecule has 1 unspecified atom stereocenters. The van der Waals surface area contributed by atoms with Crippen LogP contribution in [0.5, 0.6) is 0 Å². The number of hydrogen-bond acceptors (Lipinski definition) is 3. The number of benzene rings is 1. The van der Waals surface area contributed by atoms with Crippen LogP contribution >= 0.6 is 12.4 Å². The molecule has 0 aliphatic rings. The fraction of sp³-hybridized carbons (Fsp3) is 0.667. The molecule has 4 heteroatoms. The zero-order valence-electron chi connectivity index (χ0n) is 14.6. The van der Waals surface area contributed by atoms with Gasteiger partial charge in [0.25, 0.3) is 0 Å². The zero-order chi connectivity index (χ0) is 15.9. The third-order valence-corrected chi connectivity index (χ3v) is 3.21. The number of aliphatic hydroxyl groups excluding tert-OH is 1. The van der Waals surface area contributed by atoms with E-state index >= 15 is 0 Å². The van der Waals surface area contributed by atoms with Crippen LogP contribution in [0.4, 0.5) is 0 Å². The summed E-state index contributed by atoms with van der Waals surface area (Å²) < 4.78 is 5.56. The molecule has 3 nitrogen and oxygen atoms in total. The smallest absolute Gasteiger partial charge is 0.0898 e. The van der Waals surface area contributed by atoms with Crippen molar-refractivity contribution >= 4 is 12.4 Å². The van der Waals surface area contributed by atoms with E-state index in [1.54, 1.807) is 0 Å². The molecule has 1 atom stereocenters. The van der Waals surface area contributed by atoms with Gasteiger partial charge in [0.05, 0.1) is 19.3 Å². The number of nitrogens with one attached hydrogen (secondary N) is 1. The Kier molecular flexibility index (Phi) is 9.25. The number of β-amino-alcohol motifs (C(OH)–C–C–N with tert-alkyl or cyclic N) is 1. The molecule has 0 aromatic heterocycles. The molecule has 128 valence electrons. The maximum atomic E-state index is 10.0. The van der Waals surface area contributed by atoms with Crippen molar-refractivity contribution in [3.05, 3.63) is 35.9 Å². The Labute approximate surface area is 141 Å². The molecule has 2 N–H and O–H groups in total. The Morgan fingerprint density at radius 2 is 1.68 bits per heavy atom. The minimum atomic E-state index is -0.479. The summed E-state index contributed by atoms with van der Waals surface area (Å²) in [5.41, 5.74) is 1.41. The van der Waals surface area contributed by atoms with Gasteiger partial charge >= 0.3 is 0 Å². The third-order valence-electron chi connectivity index (χ3n) is 3.21. The summed E-state index contributed by atoms with van der Waals surface area (Å²) in [6.07, 6.45) is 0.574. The molecule has 1 rings (SSSR count). The summed E-state index contributed by atoms with van der Waals surface area (Å²) >= 11 is 0. The first-order chi connectivity index (χ1) is 9.68. The van der Waals surface area contributed by atoms with Crippen molar-refractivity contribution in [2.75, 3.05) is 13.2 Å². The van der Waals surface area contributed by atoms with E-state index in [0.29, 0.717) is 19.8 Å². The molecule has 0 saturated heterocycles. The topological polar surface area (TPSA) is 41.5 Å². The number of rotatable bonds is 8. The van der Waals surface area contributed by atoms with Gasteiger partial charge in [0.15, 0.2) is 0 Å². The molecule has 0 fully saturated rings. The maximum Gasteiger partial charge on any atom is 0.0898 e. The van der Waals surface area contributed by atoms with Gasteiger partial charge < -0.3 is 15.2 Å². The van der Waals surface area contributed by atoms with Crippen LogP contribution in [0.1, 0.15) is 46.6 Å². The Morgan fingerprint density at radius 1 is 1.09 bits per heavy atom. The molecule has 0 heterocycles. The van der Waals surface area contributed by atoms with Crippen molar-refractivity contribution in [1.82, 2.24) is 5.32 Å². The van der Waals surface area contributed by atoms with Crippen LogP contribution in [-0.4, -0.2) is 29.9 Å². The zero-order valence-corrected chi connectivity index (χ0v) is 15.4. The predicted octanol–water partition coefficient (Wildman–Crippen LogP) is 3.79. The second kappa shape index (κ2) is 9.51. The molecule has 0 spiro atoms. The molecule has 0 aliphatic heterocycles. The van der Waals surface area contributed by atoms with Gasteiger partial charge in [-0.3, -0.25) is 0 Å². The molecule has 0 bridgehead atoms. The predicted molar refractivity (Wildman–Crippen MR) is 95.5 cm³/mol. The fourth-order valence-corrected chi connectivity index (χ4v) is 2.73. The first-order valence-electron chi connectivity index (χ1n) is 7.73. The van der Waals surface area contributed by atoms with Crippen molar-refractivity contribution in [2.24, 2.45) is 5.41 Å². The minimum Gasteiger partial charge on any atom is -0.389 e. The van der Waals surface area contributed by atoms with Crippen LogP contribution in [0.25, 0.3) is 0 Å². The van der Waals surface area contributed by atoms with Crippen LogP contribution in [0.15, 0.2) is 30.3 Å². The maximum absolute atomic E-state index is 10.0. The van der Waals surface area contributed by atoms with E-state index < -0.39 is 6.10 Å². The fourth-order valence-electron chi connectivity index (χ4n) is 2.73. The molecular formula is C18H32ClNO2. The minimum absolute atomic E-state index is 0. The monoisotopic (exact) mass is 329 g/mol. The van der Waals surface area contributed by atoms with Crippen LogP contribution in [-0.2, 0) is 11.3 Å². The van der Waals surface area contributed by atoms with E-state index in [1.807, 2.05) is 30.3 Å². The van der Waals surface area contributed by atoms with Gasteiger partial charge in [-0.05, 0) is 31.2 Å². The average Bonchev–Trinajstić information content (AvgIpc) is 2.35. The molecule has 0 amide bonds. The van der Waals surface area contributed by atoms with E-state index in [-0.39, 0.29) is 23.4 Å². The summed E-state index contributed by atoms with van der Waals surface area (Å²) in [6, 6.07) is 10.0. The molecule has 1 aromatic carbocycles. The van der Waals surface area contributed by atoms with Gasteiger partial charge in [-0.1, -0.05) is 51.1 Å². The average molecular weight is 330 g/mol. The summed E-state index contributed by atoms with van der Waals surface area (Å²) in [4.78, 5) is 0. The lowest BCUT2D eigenvalue weighted by Crippen LogP contribution is -2.46. The Hall–Kier alpha value is -0.610. The first kappa shape index (κ1) is 21.4. The lowest BCUT2D eigenvalue weighted by molar-refractivity contribution is 0.0244. The Balaban J connectivity index is 0.00000441. The highest BCUT2D eigenvalue weighted by Gasteiger charge is 2.25. The van der Waals surface area contributed by atoms with Crippen molar-refractivity contribution in [1.29, 1.82) is 0 Å². The summed E-state index contributed by atoms with van der Waals surface area (Å²) in [6.45, 7) is 12.5. The van der Waals surface area contributed by atoms with E-state index in [2.05, 4.69) is 39.9 Å².